The van der Waals surface area contributed by atoms with Crippen molar-refractivity contribution in [2.75, 3.05) is 26.7 Å². The van der Waals surface area contributed by atoms with Crippen LogP contribution in [0.5, 0.6) is 0 Å². The van der Waals surface area contributed by atoms with Gasteiger partial charge in [-0.05, 0) is 59.2 Å². The van der Waals surface area contributed by atoms with Gasteiger partial charge in [-0.2, -0.15) is 0 Å². The van der Waals surface area contributed by atoms with E-state index in [-0.39, 0.29) is 10.9 Å². The molecule has 1 heterocycles. The summed E-state index contributed by atoms with van der Waals surface area (Å²) in [7, 11) is 2.16. The van der Waals surface area contributed by atoms with Gasteiger partial charge in [-0.1, -0.05) is 12.2 Å². The minimum absolute atomic E-state index is 0.0667. The SMILES string of the molecule is CN1CCC(CCNC(=O)C(C)(C)C(N)=S)CC1. The Morgan fingerprint density at radius 1 is 1.44 bits per heavy atom. The Balaban J connectivity index is 2.26. The van der Waals surface area contributed by atoms with Crippen LogP contribution in [0.1, 0.15) is 33.1 Å². The number of nitrogens with two attached hydrogens (primary N) is 1. The molecule has 0 spiro atoms. The predicted octanol–water partition coefficient (Wildman–Crippen LogP) is 1.15. The smallest absolute Gasteiger partial charge is 0.232 e. The number of carbonyl (C=O) groups is 1. The molecular weight excluding hydrogens is 246 g/mol. The number of likely N-dealkylation sites (tertiary alicyclic amines) is 1. The largest absolute Gasteiger partial charge is 0.392 e. The highest BCUT2D eigenvalue weighted by molar-refractivity contribution is 7.80. The van der Waals surface area contributed by atoms with Crippen LogP contribution in [0, 0.1) is 11.3 Å². The van der Waals surface area contributed by atoms with Gasteiger partial charge >= 0.3 is 0 Å². The Hall–Kier alpha value is -0.680. The normalized spacial score (nSPS) is 18.6. The Morgan fingerprint density at radius 2 is 2.00 bits per heavy atom. The summed E-state index contributed by atoms with van der Waals surface area (Å²) in [6.07, 6.45) is 3.50. The fourth-order valence-electron chi connectivity index (χ4n) is 2.07. The Labute approximate surface area is 115 Å². The van der Waals surface area contributed by atoms with Crippen LogP contribution >= 0.6 is 12.2 Å². The molecule has 1 fully saturated rings. The molecule has 18 heavy (non-hydrogen) atoms. The molecule has 0 saturated carbocycles. The molecular formula is C13H25N3OS. The van der Waals surface area contributed by atoms with E-state index in [1.807, 2.05) is 0 Å². The summed E-state index contributed by atoms with van der Waals surface area (Å²) < 4.78 is 0. The van der Waals surface area contributed by atoms with E-state index < -0.39 is 5.41 Å². The van der Waals surface area contributed by atoms with Gasteiger partial charge in [0.25, 0.3) is 0 Å². The van der Waals surface area contributed by atoms with Crippen molar-refractivity contribution in [1.82, 2.24) is 10.2 Å². The molecule has 0 aromatic heterocycles. The van der Waals surface area contributed by atoms with E-state index in [1.54, 1.807) is 13.8 Å². The van der Waals surface area contributed by atoms with E-state index in [1.165, 1.54) is 12.8 Å². The van der Waals surface area contributed by atoms with E-state index in [4.69, 9.17) is 18.0 Å². The highest BCUT2D eigenvalue weighted by Crippen LogP contribution is 2.19. The second kappa shape index (κ2) is 6.48. The Morgan fingerprint density at radius 3 is 2.50 bits per heavy atom. The third-order valence-electron chi connectivity index (χ3n) is 3.86. The zero-order valence-electron chi connectivity index (χ0n) is 11.7. The average molecular weight is 271 g/mol. The van der Waals surface area contributed by atoms with Crippen LogP contribution < -0.4 is 11.1 Å². The lowest BCUT2D eigenvalue weighted by Gasteiger charge is -2.29. The maximum absolute atomic E-state index is 11.9. The summed E-state index contributed by atoms with van der Waals surface area (Å²) in [5.74, 6) is 0.664. The molecule has 0 aliphatic carbocycles. The topological polar surface area (TPSA) is 58.4 Å². The molecule has 104 valence electrons. The number of rotatable bonds is 5. The lowest BCUT2D eigenvalue weighted by molar-refractivity contribution is -0.126. The summed E-state index contributed by atoms with van der Waals surface area (Å²) in [5, 5.41) is 2.94. The van der Waals surface area contributed by atoms with Crippen molar-refractivity contribution in [2.24, 2.45) is 17.1 Å². The summed E-state index contributed by atoms with van der Waals surface area (Å²) in [6, 6.07) is 0. The van der Waals surface area contributed by atoms with Gasteiger partial charge in [0.2, 0.25) is 5.91 Å². The Kier molecular flexibility index (Phi) is 5.53. The molecule has 0 radical (unpaired) electrons. The van der Waals surface area contributed by atoms with Crippen LogP contribution in [-0.2, 0) is 4.79 Å². The molecule has 1 saturated heterocycles. The lowest BCUT2D eigenvalue weighted by atomic mass is 9.91. The van der Waals surface area contributed by atoms with E-state index >= 15 is 0 Å². The molecule has 0 unspecified atom stereocenters. The zero-order valence-corrected chi connectivity index (χ0v) is 12.5. The highest BCUT2D eigenvalue weighted by atomic mass is 32.1. The maximum atomic E-state index is 11.9. The monoisotopic (exact) mass is 271 g/mol. The second-order valence-electron chi connectivity index (χ2n) is 5.78. The Bertz CT molecular complexity index is 309. The number of nitrogens with one attached hydrogen (secondary N) is 1. The van der Waals surface area contributed by atoms with Crippen LogP contribution in [0.25, 0.3) is 0 Å². The number of hydrogen-bond acceptors (Lipinski definition) is 3. The van der Waals surface area contributed by atoms with Gasteiger partial charge in [0.1, 0.15) is 0 Å². The first kappa shape index (κ1) is 15.4. The molecule has 0 atom stereocenters. The number of carbonyl (C=O) groups excluding carboxylic acids is 1. The van der Waals surface area contributed by atoms with Gasteiger partial charge in [-0.25, -0.2) is 0 Å². The first-order chi connectivity index (χ1) is 8.34. The standard InChI is InChI=1S/C13H25N3OS/c1-13(2,11(14)18)12(17)15-7-4-10-5-8-16(3)9-6-10/h10H,4-9H2,1-3H3,(H2,14,18)(H,15,17). The minimum atomic E-state index is -0.748. The van der Waals surface area contributed by atoms with Crippen molar-refractivity contribution in [3.63, 3.8) is 0 Å². The van der Waals surface area contributed by atoms with Crippen LogP contribution in [0.3, 0.4) is 0 Å². The van der Waals surface area contributed by atoms with E-state index in [0.29, 0.717) is 0 Å². The number of hydrogen-bond donors (Lipinski definition) is 2. The van der Waals surface area contributed by atoms with Gasteiger partial charge in [0.05, 0.1) is 10.4 Å². The molecule has 0 aromatic carbocycles. The molecule has 1 aliphatic rings. The fraction of sp³-hybridized carbons (Fsp3) is 0.846. The molecule has 4 nitrogen and oxygen atoms in total. The molecule has 3 N–H and O–H groups in total. The molecule has 1 aliphatic heterocycles. The predicted molar refractivity (Wildman–Crippen MR) is 78.4 cm³/mol. The van der Waals surface area contributed by atoms with Crippen molar-refractivity contribution in [3.05, 3.63) is 0 Å². The van der Waals surface area contributed by atoms with Gasteiger partial charge in [-0.3, -0.25) is 4.79 Å². The van der Waals surface area contributed by atoms with Gasteiger partial charge in [0.15, 0.2) is 0 Å². The lowest BCUT2D eigenvalue weighted by Crippen LogP contribution is -2.45. The zero-order chi connectivity index (χ0) is 13.8. The van der Waals surface area contributed by atoms with Crippen LogP contribution in [0.4, 0.5) is 0 Å². The van der Waals surface area contributed by atoms with E-state index in [0.717, 1.165) is 32.0 Å². The van der Waals surface area contributed by atoms with Crippen LogP contribution in [-0.4, -0.2) is 42.5 Å². The number of piperidine rings is 1. The quantitative estimate of drug-likeness (QED) is 0.736. The third kappa shape index (κ3) is 4.21. The first-order valence-electron chi connectivity index (χ1n) is 6.60. The van der Waals surface area contributed by atoms with Crippen molar-refractivity contribution in [1.29, 1.82) is 0 Å². The van der Waals surface area contributed by atoms with Crippen LogP contribution in [0.15, 0.2) is 0 Å². The first-order valence-corrected chi connectivity index (χ1v) is 7.01. The summed E-state index contributed by atoms with van der Waals surface area (Å²) in [4.78, 5) is 14.5. The van der Waals surface area contributed by atoms with Crippen LogP contribution in [0.2, 0.25) is 0 Å². The van der Waals surface area contributed by atoms with Crippen molar-refractivity contribution >= 4 is 23.1 Å². The highest BCUT2D eigenvalue weighted by Gasteiger charge is 2.30. The molecule has 0 bridgehead atoms. The molecule has 5 heteroatoms. The maximum Gasteiger partial charge on any atom is 0.232 e. The second-order valence-corrected chi connectivity index (χ2v) is 6.22. The van der Waals surface area contributed by atoms with Crippen molar-refractivity contribution in [2.45, 2.75) is 33.1 Å². The number of amides is 1. The van der Waals surface area contributed by atoms with Gasteiger partial charge in [-0.15, -0.1) is 0 Å². The fourth-order valence-corrected chi connectivity index (χ4v) is 2.17. The van der Waals surface area contributed by atoms with Crippen molar-refractivity contribution in [3.8, 4) is 0 Å². The average Bonchev–Trinajstić information content (AvgIpc) is 2.31. The van der Waals surface area contributed by atoms with E-state index in [2.05, 4.69) is 17.3 Å². The van der Waals surface area contributed by atoms with Gasteiger partial charge < -0.3 is 16.0 Å². The van der Waals surface area contributed by atoms with Gasteiger partial charge in [0, 0.05) is 6.54 Å². The minimum Gasteiger partial charge on any atom is -0.392 e. The number of nitrogens with zero attached hydrogens (tertiary/aromatic N) is 1. The molecule has 1 amide bonds. The summed E-state index contributed by atoms with van der Waals surface area (Å²) >= 11 is 4.91. The molecule has 0 aromatic rings. The van der Waals surface area contributed by atoms with E-state index in [9.17, 15) is 4.79 Å². The third-order valence-corrected chi connectivity index (χ3v) is 4.37. The van der Waals surface area contributed by atoms with Crippen molar-refractivity contribution < 1.29 is 4.79 Å². The summed E-state index contributed by atoms with van der Waals surface area (Å²) in [6.45, 7) is 6.58. The molecule has 1 rings (SSSR count). The number of thiocarbonyl (C=S) groups is 1. The summed E-state index contributed by atoms with van der Waals surface area (Å²) in [5.41, 5.74) is 4.82.